The van der Waals surface area contributed by atoms with Gasteiger partial charge in [0.1, 0.15) is 0 Å². The maximum atomic E-state index is 5.97. The van der Waals surface area contributed by atoms with Crippen molar-refractivity contribution in [3.8, 4) is 0 Å². The van der Waals surface area contributed by atoms with E-state index in [2.05, 4.69) is 20.8 Å². The van der Waals surface area contributed by atoms with Crippen LogP contribution in [0.4, 0.5) is 0 Å². The number of unbranched alkanes of at least 4 members (excludes halogenated alkanes) is 2. The minimum atomic E-state index is 0.408. The van der Waals surface area contributed by atoms with Gasteiger partial charge in [-0.3, -0.25) is 0 Å². The molecular formula is C11H23Cl. The Morgan fingerprint density at radius 3 is 2.08 bits per heavy atom. The first-order valence-electron chi connectivity index (χ1n) is 5.24. The molecule has 0 spiro atoms. The standard InChI is InChI=1S/C11H23Cl/c1-4-6-7-9-11(3,10-12)8-5-2/h4-10H2,1-3H3. The normalized spacial score (nSPS) is 16.0. The molecule has 0 radical (unpaired) electrons. The Morgan fingerprint density at radius 2 is 1.67 bits per heavy atom. The first kappa shape index (κ1) is 12.3. The van der Waals surface area contributed by atoms with Crippen molar-refractivity contribution in [2.45, 2.75) is 59.3 Å². The van der Waals surface area contributed by atoms with Gasteiger partial charge < -0.3 is 0 Å². The Hall–Kier alpha value is 0.290. The summed E-state index contributed by atoms with van der Waals surface area (Å²) in [5, 5.41) is 0. The summed E-state index contributed by atoms with van der Waals surface area (Å²) in [7, 11) is 0. The molecule has 0 aliphatic heterocycles. The molecule has 0 aliphatic carbocycles. The van der Waals surface area contributed by atoms with Gasteiger partial charge in [-0.1, -0.05) is 46.5 Å². The zero-order valence-electron chi connectivity index (χ0n) is 8.83. The Labute approximate surface area is 82.7 Å². The van der Waals surface area contributed by atoms with Crippen molar-refractivity contribution in [2.24, 2.45) is 5.41 Å². The van der Waals surface area contributed by atoms with Crippen molar-refractivity contribution < 1.29 is 0 Å². The van der Waals surface area contributed by atoms with Crippen LogP contribution in [0, 0.1) is 5.41 Å². The van der Waals surface area contributed by atoms with Crippen LogP contribution in [0.15, 0.2) is 0 Å². The molecule has 0 saturated heterocycles. The van der Waals surface area contributed by atoms with Crippen molar-refractivity contribution in [2.75, 3.05) is 5.88 Å². The first-order chi connectivity index (χ1) is 5.68. The van der Waals surface area contributed by atoms with Crippen LogP contribution >= 0.6 is 11.6 Å². The predicted octanol–water partition coefficient (Wildman–Crippen LogP) is 4.61. The van der Waals surface area contributed by atoms with Crippen molar-refractivity contribution >= 4 is 11.6 Å². The van der Waals surface area contributed by atoms with Crippen LogP contribution in [0.1, 0.15) is 59.3 Å². The zero-order chi connectivity index (χ0) is 9.45. The van der Waals surface area contributed by atoms with Crippen molar-refractivity contribution in [3.63, 3.8) is 0 Å². The molecule has 1 heteroatoms. The molecule has 0 amide bonds. The summed E-state index contributed by atoms with van der Waals surface area (Å²) in [6.45, 7) is 6.81. The summed E-state index contributed by atoms with van der Waals surface area (Å²) in [6.07, 6.45) is 7.86. The highest BCUT2D eigenvalue weighted by Crippen LogP contribution is 2.31. The summed E-state index contributed by atoms with van der Waals surface area (Å²) in [5.41, 5.74) is 0.408. The van der Waals surface area contributed by atoms with E-state index >= 15 is 0 Å². The largest absolute Gasteiger partial charge is 0.126 e. The van der Waals surface area contributed by atoms with E-state index in [1.165, 1.54) is 38.5 Å². The van der Waals surface area contributed by atoms with Crippen molar-refractivity contribution in [1.29, 1.82) is 0 Å². The minimum Gasteiger partial charge on any atom is -0.126 e. The van der Waals surface area contributed by atoms with Gasteiger partial charge in [0.25, 0.3) is 0 Å². The number of alkyl halides is 1. The molecule has 0 aromatic carbocycles. The van der Waals surface area contributed by atoms with Gasteiger partial charge in [0.2, 0.25) is 0 Å². The predicted molar refractivity (Wildman–Crippen MR) is 57.9 cm³/mol. The van der Waals surface area contributed by atoms with E-state index in [-0.39, 0.29) is 0 Å². The number of hydrogen-bond acceptors (Lipinski definition) is 0. The molecule has 12 heavy (non-hydrogen) atoms. The lowest BCUT2D eigenvalue weighted by atomic mass is 9.82. The van der Waals surface area contributed by atoms with Gasteiger partial charge in [-0.05, 0) is 18.3 Å². The van der Waals surface area contributed by atoms with E-state index in [9.17, 15) is 0 Å². The molecule has 1 atom stereocenters. The third kappa shape index (κ3) is 5.03. The van der Waals surface area contributed by atoms with E-state index in [4.69, 9.17) is 11.6 Å². The zero-order valence-corrected chi connectivity index (χ0v) is 9.58. The Kier molecular flexibility index (Phi) is 6.93. The summed E-state index contributed by atoms with van der Waals surface area (Å²) >= 11 is 5.97. The topological polar surface area (TPSA) is 0 Å². The summed E-state index contributed by atoms with van der Waals surface area (Å²) in [6, 6.07) is 0. The number of rotatable bonds is 7. The highest BCUT2D eigenvalue weighted by molar-refractivity contribution is 6.18. The Bertz CT molecular complexity index is 101. The maximum absolute atomic E-state index is 5.97. The van der Waals surface area contributed by atoms with E-state index in [0.29, 0.717) is 5.41 Å². The lowest BCUT2D eigenvalue weighted by Crippen LogP contribution is -2.17. The van der Waals surface area contributed by atoms with Gasteiger partial charge >= 0.3 is 0 Å². The molecule has 0 saturated carbocycles. The van der Waals surface area contributed by atoms with Gasteiger partial charge in [0, 0.05) is 5.88 Å². The molecular weight excluding hydrogens is 168 g/mol. The fraction of sp³-hybridized carbons (Fsp3) is 1.00. The van der Waals surface area contributed by atoms with Crippen LogP contribution in [0.5, 0.6) is 0 Å². The van der Waals surface area contributed by atoms with Gasteiger partial charge in [-0.2, -0.15) is 0 Å². The molecule has 0 nitrogen and oxygen atoms in total. The average Bonchev–Trinajstić information content (AvgIpc) is 2.06. The highest BCUT2D eigenvalue weighted by Gasteiger charge is 2.20. The monoisotopic (exact) mass is 190 g/mol. The molecule has 0 N–H and O–H groups in total. The van der Waals surface area contributed by atoms with Crippen LogP contribution in [-0.4, -0.2) is 5.88 Å². The summed E-state index contributed by atoms with van der Waals surface area (Å²) in [5.74, 6) is 0.824. The minimum absolute atomic E-state index is 0.408. The molecule has 1 unspecified atom stereocenters. The molecule has 0 rings (SSSR count). The average molecular weight is 191 g/mol. The fourth-order valence-corrected chi connectivity index (χ4v) is 1.93. The molecule has 0 aromatic heterocycles. The third-order valence-corrected chi connectivity index (χ3v) is 3.21. The van der Waals surface area contributed by atoms with E-state index in [0.717, 1.165) is 5.88 Å². The molecule has 0 heterocycles. The van der Waals surface area contributed by atoms with E-state index in [1.54, 1.807) is 0 Å². The second kappa shape index (κ2) is 6.77. The Morgan fingerprint density at radius 1 is 1.00 bits per heavy atom. The SMILES string of the molecule is CCCCCC(C)(CCl)CCC. The summed E-state index contributed by atoms with van der Waals surface area (Å²) < 4.78 is 0. The van der Waals surface area contributed by atoms with Crippen LogP contribution in [0.2, 0.25) is 0 Å². The van der Waals surface area contributed by atoms with Gasteiger partial charge in [0.15, 0.2) is 0 Å². The molecule has 0 aromatic rings. The lowest BCUT2D eigenvalue weighted by molar-refractivity contribution is 0.298. The van der Waals surface area contributed by atoms with Crippen LogP contribution in [0.3, 0.4) is 0 Å². The maximum Gasteiger partial charge on any atom is 0.0277 e. The van der Waals surface area contributed by atoms with Gasteiger partial charge in [-0.25, -0.2) is 0 Å². The smallest absolute Gasteiger partial charge is 0.0277 e. The van der Waals surface area contributed by atoms with Crippen molar-refractivity contribution in [1.82, 2.24) is 0 Å². The molecule has 0 bridgehead atoms. The van der Waals surface area contributed by atoms with Gasteiger partial charge in [-0.15, -0.1) is 11.6 Å². The van der Waals surface area contributed by atoms with Crippen LogP contribution in [-0.2, 0) is 0 Å². The van der Waals surface area contributed by atoms with E-state index in [1.807, 2.05) is 0 Å². The highest BCUT2D eigenvalue weighted by atomic mass is 35.5. The number of halogens is 1. The fourth-order valence-electron chi connectivity index (χ4n) is 1.66. The third-order valence-electron chi connectivity index (χ3n) is 2.56. The molecule has 0 fully saturated rings. The molecule has 0 aliphatic rings. The van der Waals surface area contributed by atoms with E-state index < -0.39 is 0 Å². The second-order valence-electron chi connectivity index (χ2n) is 4.15. The summed E-state index contributed by atoms with van der Waals surface area (Å²) in [4.78, 5) is 0. The second-order valence-corrected chi connectivity index (χ2v) is 4.42. The quantitative estimate of drug-likeness (QED) is 0.406. The van der Waals surface area contributed by atoms with Crippen LogP contribution < -0.4 is 0 Å². The van der Waals surface area contributed by atoms with Crippen LogP contribution in [0.25, 0.3) is 0 Å². The first-order valence-corrected chi connectivity index (χ1v) is 5.78. The lowest BCUT2D eigenvalue weighted by Gasteiger charge is -2.26. The molecule has 74 valence electrons. The van der Waals surface area contributed by atoms with Gasteiger partial charge in [0.05, 0.1) is 0 Å². The Balaban J connectivity index is 3.63. The number of hydrogen-bond donors (Lipinski definition) is 0. The van der Waals surface area contributed by atoms with Crippen molar-refractivity contribution in [3.05, 3.63) is 0 Å².